The molecule has 0 spiro atoms. The molecule has 1 aromatic heterocycles. The van der Waals surface area contributed by atoms with Gasteiger partial charge < -0.3 is 10.4 Å². The Bertz CT molecular complexity index is 623. The minimum Gasteiger partial charge on any atom is -0.389 e. The molecule has 0 amide bonds. The van der Waals surface area contributed by atoms with Crippen LogP contribution >= 0.6 is 23.1 Å². The van der Waals surface area contributed by atoms with Crippen LogP contribution in [0.15, 0.2) is 36.4 Å². The van der Waals surface area contributed by atoms with E-state index in [-0.39, 0.29) is 5.82 Å². The lowest BCUT2D eigenvalue weighted by Crippen LogP contribution is -2.43. The lowest BCUT2D eigenvalue weighted by Gasteiger charge is -2.31. The van der Waals surface area contributed by atoms with Gasteiger partial charge in [0, 0.05) is 28.4 Å². The third kappa shape index (κ3) is 3.90. The topological polar surface area (TPSA) is 32.3 Å². The molecule has 2 heterocycles. The van der Waals surface area contributed by atoms with Crippen molar-refractivity contribution in [1.82, 2.24) is 5.32 Å². The summed E-state index contributed by atoms with van der Waals surface area (Å²) in [7, 11) is 0. The van der Waals surface area contributed by atoms with Crippen LogP contribution in [0.25, 0.3) is 10.4 Å². The number of hydrogen-bond acceptors (Lipinski definition) is 4. The van der Waals surface area contributed by atoms with Crippen molar-refractivity contribution in [3.05, 3.63) is 47.1 Å². The van der Waals surface area contributed by atoms with E-state index in [2.05, 4.69) is 5.32 Å². The maximum atomic E-state index is 13.8. The summed E-state index contributed by atoms with van der Waals surface area (Å²) in [6, 6.07) is 10.8. The number of thiophene rings is 1. The van der Waals surface area contributed by atoms with E-state index in [9.17, 15) is 9.50 Å². The minimum absolute atomic E-state index is 0.183. The van der Waals surface area contributed by atoms with Crippen molar-refractivity contribution < 1.29 is 9.50 Å². The first-order valence-electron chi connectivity index (χ1n) is 7.51. The Kier molecular flexibility index (Phi) is 5.18. The summed E-state index contributed by atoms with van der Waals surface area (Å²) >= 11 is 3.51. The Morgan fingerprint density at radius 3 is 2.68 bits per heavy atom. The first kappa shape index (κ1) is 16.0. The highest BCUT2D eigenvalue weighted by atomic mass is 32.2. The van der Waals surface area contributed by atoms with E-state index in [0.717, 1.165) is 34.1 Å². The molecule has 2 N–H and O–H groups in total. The number of hydrogen-bond donors (Lipinski definition) is 2. The van der Waals surface area contributed by atoms with Crippen molar-refractivity contribution in [2.75, 3.05) is 18.1 Å². The predicted octanol–water partition coefficient (Wildman–Crippen LogP) is 3.90. The Morgan fingerprint density at radius 1 is 1.14 bits per heavy atom. The molecule has 3 rings (SSSR count). The van der Waals surface area contributed by atoms with Crippen LogP contribution in [-0.4, -0.2) is 28.8 Å². The fraction of sp³-hybridized carbons (Fsp3) is 0.412. The van der Waals surface area contributed by atoms with Crippen LogP contribution in [0.5, 0.6) is 0 Å². The van der Waals surface area contributed by atoms with Crippen molar-refractivity contribution >= 4 is 23.1 Å². The van der Waals surface area contributed by atoms with Crippen LogP contribution in [0.3, 0.4) is 0 Å². The Hall–Kier alpha value is -0.880. The number of nitrogens with one attached hydrogen (secondary N) is 1. The SMILES string of the molecule is OC1(CNCc2ccc(-c3ccccc3F)s2)CCSCC1. The first-order valence-corrected chi connectivity index (χ1v) is 9.48. The van der Waals surface area contributed by atoms with Crippen LogP contribution in [0.1, 0.15) is 17.7 Å². The second kappa shape index (κ2) is 7.13. The maximum absolute atomic E-state index is 13.8. The molecule has 5 heteroatoms. The van der Waals surface area contributed by atoms with E-state index >= 15 is 0 Å². The lowest BCUT2D eigenvalue weighted by molar-refractivity contribution is 0.0321. The van der Waals surface area contributed by atoms with Crippen LogP contribution < -0.4 is 5.32 Å². The van der Waals surface area contributed by atoms with Gasteiger partial charge in [-0.2, -0.15) is 11.8 Å². The Balaban J connectivity index is 1.57. The molecule has 118 valence electrons. The van der Waals surface area contributed by atoms with Gasteiger partial charge in [0.25, 0.3) is 0 Å². The zero-order valence-corrected chi connectivity index (χ0v) is 14.0. The van der Waals surface area contributed by atoms with Gasteiger partial charge in [0.15, 0.2) is 0 Å². The second-order valence-corrected chi connectivity index (χ2v) is 8.08. The van der Waals surface area contributed by atoms with Gasteiger partial charge in [-0.15, -0.1) is 11.3 Å². The van der Waals surface area contributed by atoms with E-state index in [4.69, 9.17) is 0 Å². The summed E-state index contributed by atoms with van der Waals surface area (Å²) in [5.74, 6) is 1.89. The largest absolute Gasteiger partial charge is 0.389 e. The molecule has 2 aromatic rings. The summed E-state index contributed by atoms with van der Waals surface area (Å²) in [5, 5.41) is 13.8. The second-order valence-electron chi connectivity index (χ2n) is 5.69. The van der Waals surface area contributed by atoms with Crippen LogP contribution in [0.4, 0.5) is 4.39 Å². The van der Waals surface area contributed by atoms with E-state index in [1.807, 2.05) is 30.0 Å². The van der Waals surface area contributed by atoms with Gasteiger partial charge >= 0.3 is 0 Å². The smallest absolute Gasteiger partial charge is 0.131 e. The van der Waals surface area contributed by atoms with Gasteiger partial charge in [-0.25, -0.2) is 4.39 Å². The summed E-state index contributed by atoms with van der Waals surface area (Å²) in [4.78, 5) is 2.11. The van der Waals surface area contributed by atoms with E-state index in [1.54, 1.807) is 23.5 Å². The molecule has 1 aliphatic rings. The molecule has 2 nitrogen and oxygen atoms in total. The van der Waals surface area contributed by atoms with Crippen LogP contribution in [-0.2, 0) is 6.54 Å². The number of aliphatic hydroxyl groups is 1. The zero-order valence-electron chi connectivity index (χ0n) is 12.3. The molecule has 1 aliphatic heterocycles. The lowest BCUT2D eigenvalue weighted by atomic mass is 9.97. The average Bonchev–Trinajstić information content (AvgIpc) is 2.97. The summed E-state index contributed by atoms with van der Waals surface area (Å²) in [6.45, 7) is 1.34. The highest BCUT2D eigenvalue weighted by Crippen LogP contribution is 2.30. The Morgan fingerprint density at radius 2 is 1.91 bits per heavy atom. The fourth-order valence-electron chi connectivity index (χ4n) is 2.63. The van der Waals surface area contributed by atoms with Crippen molar-refractivity contribution in [3.63, 3.8) is 0 Å². The van der Waals surface area contributed by atoms with Crippen molar-refractivity contribution in [1.29, 1.82) is 0 Å². The molecule has 0 saturated carbocycles. The highest BCUT2D eigenvalue weighted by Gasteiger charge is 2.28. The van der Waals surface area contributed by atoms with Gasteiger partial charge in [0.05, 0.1) is 5.60 Å². The van der Waals surface area contributed by atoms with Crippen molar-refractivity contribution in [2.24, 2.45) is 0 Å². The monoisotopic (exact) mass is 337 g/mol. The molecular formula is C17H20FNOS2. The molecule has 0 radical (unpaired) electrons. The maximum Gasteiger partial charge on any atom is 0.131 e. The van der Waals surface area contributed by atoms with E-state index in [1.165, 1.54) is 6.07 Å². The average molecular weight is 337 g/mol. The summed E-state index contributed by atoms with van der Waals surface area (Å²) in [5.41, 5.74) is 0.0957. The van der Waals surface area contributed by atoms with Gasteiger partial charge in [0.1, 0.15) is 5.82 Å². The number of halogens is 1. The molecule has 1 saturated heterocycles. The van der Waals surface area contributed by atoms with Crippen LogP contribution in [0, 0.1) is 5.82 Å². The summed E-state index contributed by atoms with van der Waals surface area (Å²) < 4.78 is 13.8. The molecule has 0 unspecified atom stereocenters. The quantitative estimate of drug-likeness (QED) is 0.868. The molecule has 22 heavy (non-hydrogen) atoms. The third-order valence-electron chi connectivity index (χ3n) is 3.98. The normalized spacial score (nSPS) is 17.5. The van der Waals surface area contributed by atoms with Gasteiger partial charge in [-0.1, -0.05) is 18.2 Å². The van der Waals surface area contributed by atoms with Gasteiger partial charge in [-0.3, -0.25) is 0 Å². The van der Waals surface area contributed by atoms with Crippen LogP contribution in [0.2, 0.25) is 0 Å². The zero-order chi connectivity index (χ0) is 15.4. The molecule has 0 atom stereocenters. The van der Waals surface area contributed by atoms with E-state index in [0.29, 0.717) is 18.7 Å². The minimum atomic E-state index is -0.559. The van der Waals surface area contributed by atoms with Crippen molar-refractivity contribution in [3.8, 4) is 10.4 Å². The summed E-state index contributed by atoms with van der Waals surface area (Å²) in [6.07, 6.45) is 1.71. The first-order chi connectivity index (χ1) is 10.7. The molecule has 0 aliphatic carbocycles. The highest BCUT2D eigenvalue weighted by molar-refractivity contribution is 7.99. The number of thioether (sulfide) groups is 1. The molecule has 1 aromatic carbocycles. The van der Waals surface area contributed by atoms with E-state index < -0.39 is 5.60 Å². The van der Waals surface area contributed by atoms with Gasteiger partial charge in [0.2, 0.25) is 0 Å². The predicted molar refractivity (Wildman–Crippen MR) is 92.9 cm³/mol. The Labute approximate surface area is 138 Å². The number of rotatable bonds is 5. The van der Waals surface area contributed by atoms with Gasteiger partial charge in [-0.05, 0) is 42.5 Å². The van der Waals surface area contributed by atoms with Crippen molar-refractivity contribution in [2.45, 2.75) is 25.0 Å². The fourth-order valence-corrected chi connectivity index (χ4v) is 4.88. The molecular weight excluding hydrogens is 317 g/mol. The number of benzene rings is 1. The molecule has 1 fully saturated rings. The third-order valence-corrected chi connectivity index (χ3v) is 6.08. The molecule has 0 bridgehead atoms. The standard InChI is InChI=1S/C17H20FNOS2/c18-15-4-2-1-3-14(15)16-6-5-13(22-16)11-19-12-17(20)7-9-21-10-8-17/h1-6,19-20H,7-12H2.